The van der Waals surface area contributed by atoms with E-state index in [9.17, 15) is 43.5 Å². The summed E-state index contributed by atoms with van der Waals surface area (Å²) >= 11 is 0. The van der Waals surface area contributed by atoms with Gasteiger partial charge in [0, 0.05) is 19.3 Å². The van der Waals surface area contributed by atoms with Crippen LogP contribution in [0.4, 0.5) is 0 Å². The molecule has 85 heavy (non-hydrogen) atoms. The summed E-state index contributed by atoms with van der Waals surface area (Å²) in [7, 11) is -9.78. The Morgan fingerprint density at radius 2 is 0.624 bits per heavy atom. The van der Waals surface area contributed by atoms with Crippen LogP contribution < -0.4 is 0 Å². The quantitative estimate of drug-likeness (QED) is 0.0146. The molecule has 0 saturated carbocycles. The topological polar surface area (TPSA) is 231 Å². The van der Waals surface area contributed by atoms with Gasteiger partial charge in [-0.2, -0.15) is 0 Å². The van der Waals surface area contributed by atoms with Crippen molar-refractivity contribution in [1.82, 2.24) is 0 Å². The summed E-state index contributed by atoms with van der Waals surface area (Å²) in [6.45, 7) is 2.35. The van der Waals surface area contributed by atoms with Gasteiger partial charge in [0.15, 0.2) is 6.10 Å². The highest BCUT2D eigenvalue weighted by molar-refractivity contribution is 7.47. The number of aliphatic hydroxyl groups excluding tert-OH is 2. The maximum Gasteiger partial charge on any atom is 0.472 e. The minimum absolute atomic E-state index is 0.0835. The summed E-state index contributed by atoms with van der Waals surface area (Å²) in [4.78, 5) is 58.2. The molecule has 0 aromatic rings. The molecule has 0 fully saturated rings. The number of hydrogen-bond donors (Lipinski definition) is 4. The van der Waals surface area contributed by atoms with Crippen molar-refractivity contribution in [3.05, 3.63) is 109 Å². The number of allylic oxidation sites excluding steroid dienone is 18. The molecular weight excluding hydrogens is 1120 g/mol. The SMILES string of the molecule is CC/C=C\C/C=C\C/C=C\C/C=C\C/C=C\CCCCCCCCCC(=O)OCC(O)COP(=O)(O)OCC(O)COP(=O)(O)OCC(COC(=O)CCCCCCC/C=C\C/C=C\CCC)OC(=O)CCCCCCC/C=C\C/C=C\CCC. The Kier molecular flexibility index (Phi) is 57.8. The number of esters is 3. The van der Waals surface area contributed by atoms with Crippen molar-refractivity contribution in [2.75, 3.05) is 39.6 Å². The van der Waals surface area contributed by atoms with Gasteiger partial charge >= 0.3 is 33.6 Å². The number of unbranched alkanes of at least 4 members (excludes halogenated alkanes) is 19. The lowest BCUT2D eigenvalue weighted by atomic mass is 10.1. The number of carbonyl (C=O) groups excluding carboxylic acids is 3. The fourth-order valence-corrected chi connectivity index (χ4v) is 9.61. The van der Waals surface area contributed by atoms with Crippen LogP contribution >= 0.6 is 15.6 Å². The van der Waals surface area contributed by atoms with E-state index in [4.69, 9.17) is 32.3 Å². The van der Waals surface area contributed by atoms with E-state index in [1.807, 2.05) is 0 Å². The van der Waals surface area contributed by atoms with Crippen molar-refractivity contribution in [1.29, 1.82) is 0 Å². The first-order valence-electron chi connectivity index (χ1n) is 32.2. The van der Waals surface area contributed by atoms with Crippen molar-refractivity contribution in [2.45, 2.75) is 257 Å². The second-order valence-electron chi connectivity index (χ2n) is 21.2. The van der Waals surface area contributed by atoms with Crippen LogP contribution in [-0.2, 0) is 55.8 Å². The summed E-state index contributed by atoms with van der Waals surface area (Å²) in [5.74, 6) is -1.62. The molecule has 0 rings (SSSR count). The number of phosphoric ester groups is 2. The van der Waals surface area contributed by atoms with Crippen LogP contribution in [0.1, 0.15) is 239 Å². The third-order valence-corrected chi connectivity index (χ3v) is 14.8. The van der Waals surface area contributed by atoms with E-state index in [2.05, 4.69) is 130 Å². The zero-order valence-electron chi connectivity index (χ0n) is 52.5. The number of hydrogen-bond acceptors (Lipinski definition) is 14. The van der Waals surface area contributed by atoms with Crippen molar-refractivity contribution >= 4 is 33.6 Å². The van der Waals surface area contributed by atoms with Gasteiger partial charge in [0.25, 0.3) is 0 Å². The summed E-state index contributed by atoms with van der Waals surface area (Å²) in [6, 6.07) is 0. The van der Waals surface area contributed by atoms with Crippen molar-refractivity contribution < 1.29 is 75.8 Å². The molecule has 0 saturated heterocycles. The minimum atomic E-state index is -4.93. The number of carbonyl (C=O) groups is 3. The highest BCUT2D eigenvalue weighted by Gasteiger charge is 2.29. The van der Waals surface area contributed by atoms with Crippen molar-refractivity contribution in [2.24, 2.45) is 0 Å². The maximum atomic E-state index is 12.8. The Morgan fingerprint density at radius 1 is 0.341 bits per heavy atom. The van der Waals surface area contributed by atoms with E-state index < -0.39 is 91.5 Å². The first kappa shape index (κ1) is 81.2. The molecule has 0 radical (unpaired) electrons. The van der Waals surface area contributed by atoms with E-state index in [-0.39, 0.29) is 19.3 Å². The van der Waals surface area contributed by atoms with Gasteiger partial charge in [-0.25, -0.2) is 9.13 Å². The molecule has 0 bridgehead atoms. The second-order valence-corrected chi connectivity index (χ2v) is 24.1. The van der Waals surface area contributed by atoms with E-state index in [1.165, 1.54) is 0 Å². The highest BCUT2D eigenvalue weighted by atomic mass is 31.2. The van der Waals surface area contributed by atoms with Crippen LogP contribution in [0.25, 0.3) is 0 Å². The van der Waals surface area contributed by atoms with Gasteiger partial charge < -0.3 is 34.2 Å². The Bertz CT molecular complexity index is 1990. The maximum absolute atomic E-state index is 12.8. The van der Waals surface area contributed by atoms with Gasteiger partial charge in [0.2, 0.25) is 0 Å². The lowest BCUT2D eigenvalue weighted by molar-refractivity contribution is -0.161. The fraction of sp³-hybridized carbons (Fsp3) is 0.687. The first-order valence-corrected chi connectivity index (χ1v) is 35.2. The van der Waals surface area contributed by atoms with E-state index in [0.717, 1.165) is 180 Å². The Hall–Kier alpha value is -3.79. The van der Waals surface area contributed by atoms with Crippen LogP contribution in [-0.4, -0.2) is 95.9 Å². The summed E-state index contributed by atoms with van der Waals surface area (Å²) in [5, 5.41) is 20.5. The van der Waals surface area contributed by atoms with Crippen molar-refractivity contribution in [3.8, 4) is 0 Å². The smallest absolute Gasteiger partial charge is 0.463 e. The van der Waals surface area contributed by atoms with Crippen LogP contribution in [0.3, 0.4) is 0 Å². The average molecular weight is 1240 g/mol. The Balaban J connectivity index is 4.58. The largest absolute Gasteiger partial charge is 0.472 e. The van der Waals surface area contributed by atoms with Crippen LogP contribution in [0.15, 0.2) is 109 Å². The molecule has 18 heteroatoms. The normalized spacial score (nSPS) is 15.0. The van der Waals surface area contributed by atoms with Gasteiger partial charge in [-0.3, -0.25) is 32.5 Å². The van der Waals surface area contributed by atoms with Crippen molar-refractivity contribution in [3.63, 3.8) is 0 Å². The number of rotatable bonds is 60. The molecule has 5 atom stereocenters. The first-order chi connectivity index (χ1) is 41.2. The lowest BCUT2D eigenvalue weighted by Gasteiger charge is -2.21. The minimum Gasteiger partial charge on any atom is -0.463 e. The molecule has 16 nitrogen and oxygen atoms in total. The van der Waals surface area contributed by atoms with Crippen LogP contribution in [0.5, 0.6) is 0 Å². The van der Waals surface area contributed by atoms with Crippen LogP contribution in [0, 0.1) is 0 Å². The number of phosphoric acid groups is 2. The molecule has 0 aromatic heterocycles. The molecule has 0 amide bonds. The van der Waals surface area contributed by atoms with Gasteiger partial charge in [0.05, 0.1) is 26.4 Å². The van der Waals surface area contributed by atoms with Gasteiger partial charge in [-0.05, 0) is 116 Å². The third kappa shape index (κ3) is 61.6. The van der Waals surface area contributed by atoms with Gasteiger partial charge in [-0.15, -0.1) is 0 Å². The Morgan fingerprint density at radius 3 is 0.988 bits per heavy atom. The predicted octanol–water partition coefficient (Wildman–Crippen LogP) is 17.3. The highest BCUT2D eigenvalue weighted by Crippen LogP contribution is 2.45. The van der Waals surface area contributed by atoms with E-state index in [0.29, 0.717) is 19.3 Å². The lowest BCUT2D eigenvalue weighted by Crippen LogP contribution is -2.30. The molecule has 5 unspecified atom stereocenters. The average Bonchev–Trinajstić information content (AvgIpc) is 3.51. The standard InChI is InChI=1S/C67H114O16P2/c1-4-7-10-13-16-19-22-25-26-27-28-29-30-31-32-33-34-37-39-41-44-47-50-53-65(70)77-56-62(68)57-79-84(73,74)80-58-63(69)59-81-85(75,76)82-61-64(83-67(72)55-52-49-46-43-40-36-24-21-18-15-12-9-6-3)60-78-66(71)54-51-48-45-42-38-35-23-20-17-14-11-8-5-2/h7,10-12,14-16,19-21,23-26,28-29,31-32,62-64,68-69H,4-6,8-9,13,17-18,22,27,30,33-61H2,1-3H3,(H,73,74)(H,75,76)/b10-7-,14-11-,15-12-,19-16-,23-20-,24-21-,26-25-,29-28-,32-31-. The second kappa shape index (κ2) is 60.5. The molecule has 0 aliphatic carbocycles. The molecule has 0 spiro atoms. The summed E-state index contributed by atoms with van der Waals surface area (Å²) in [6.07, 6.45) is 65.8. The molecule has 0 aliphatic heterocycles. The molecule has 0 heterocycles. The monoisotopic (exact) mass is 1240 g/mol. The van der Waals surface area contributed by atoms with Gasteiger partial charge in [0.1, 0.15) is 25.4 Å². The van der Waals surface area contributed by atoms with E-state index in [1.54, 1.807) is 0 Å². The third-order valence-electron chi connectivity index (χ3n) is 12.9. The van der Waals surface area contributed by atoms with Crippen LogP contribution in [0.2, 0.25) is 0 Å². The predicted molar refractivity (Wildman–Crippen MR) is 344 cm³/mol. The molecule has 0 aromatic carbocycles. The van der Waals surface area contributed by atoms with Gasteiger partial charge in [-0.1, -0.05) is 214 Å². The molecule has 0 aliphatic rings. The molecule has 488 valence electrons. The number of ether oxygens (including phenoxy) is 3. The molecular formula is C67H114O16P2. The Labute approximate surface area is 513 Å². The summed E-state index contributed by atoms with van der Waals surface area (Å²) < 4.78 is 60.7. The fourth-order valence-electron chi connectivity index (χ4n) is 8.02. The zero-order valence-corrected chi connectivity index (χ0v) is 54.3. The van der Waals surface area contributed by atoms with E-state index >= 15 is 0 Å². The zero-order chi connectivity index (χ0) is 62.4. The number of aliphatic hydroxyl groups is 2. The molecule has 4 N–H and O–H groups in total. The summed E-state index contributed by atoms with van der Waals surface area (Å²) in [5.41, 5.74) is 0.